The summed E-state index contributed by atoms with van der Waals surface area (Å²) in [6, 6.07) is 9.83. The van der Waals surface area contributed by atoms with Crippen molar-refractivity contribution in [3.63, 3.8) is 0 Å². The van der Waals surface area contributed by atoms with E-state index in [1.54, 1.807) is 6.20 Å². The van der Waals surface area contributed by atoms with Gasteiger partial charge < -0.3 is 0 Å². The van der Waals surface area contributed by atoms with Crippen molar-refractivity contribution in [1.29, 1.82) is 0 Å². The van der Waals surface area contributed by atoms with E-state index >= 15 is 0 Å². The monoisotopic (exact) mass is 215 g/mol. The quantitative estimate of drug-likeness (QED) is 0.521. The standard InChI is InChI=1S/C13H7F2N/c14-11-5-10-9-4-2-1-3-8(9)7-16-13(10)6-12(11)15/h1-7H. The SMILES string of the molecule is Fc1cc2ncc3ccccc3c2cc1F. The Kier molecular flexibility index (Phi) is 1.86. The van der Waals surface area contributed by atoms with Crippen LogP contribution in [0.15, 0.2) is 42.6 Å². The Labute approximate surface area is 90.3 Å². The molecular weight excluding hydrogens is 208 g/mol. The first kappa shape index (κ1) is 9.21. The Morgan fingerprint density at radius 2 is 1.62 bits per heavy atom. The van der Waals surface area contributed by atoms with E-state index in [0.29, 0.717) is 10.9 Å². The maximum atomic E-state index is 13.2. The molecule has 0 aliphatic heterocycles. The van der Waals surface area contributed by atoms with Crippen LogP contribution in [0.2, 0.25) is 0 Å². The van der Waals surface area contributed by atoms with E-state index < -0.39 is 11.6 Å². The van der Waals surface area contributed by atoms with Crippen LogP contribution in [0.25, 0.3) is 21.7 Å². The number of hydrogen-bond donors (Lipinski definition) is 0. The van der Waals surface area contributed by atoms with Crippen molar-refractivity contribution < 1.29 is 8.78 Å². The predicted octanol–water partition coefficient (Wildman–Crippen LogP) is 3.67. The highest BCUT2D eigenvalue weighted by atomic mass is 19.2. The third-order valence-electron chi connectivity index (χ3n) is 2.63. The summed E-state index contributed by atoms with van der Waals surface area (Å²) in [4.78, 5) is 4.10. The second-order valence-electron chi connectivity index (χ2n) is 3.63. The molecule has 0 radical (unpaired) electrons. The zero-order valence-corrected chi connectivity index (χ0v) is 8.24. The number of rotatable bonds is 0. The fourth-order valence-corrected chi connectivity index (χ4v) is 1.85. The maximum Gasteiger partial charge on any atom is 0.161 e. The van der Waals surface area contributed by atoms with Crippen LogP contribution in [0.1, 0.15) is 0 Å². The molecule has 0 aliphatic rings. The second kappa shape index (κ2) is 3.23. The molecule has 0 spiro atoms. The summed E-state index contributed by atoms with van der Waals surface area (Å²) in [5, 5.41) is 2.43. The molecule has 3 heteroatoms. The number of hydrogen-bond acceptors (Lipinski definition) is 1. The Balaban J connectivity index is 2.55. The van der Waals surface area contributed by atoms with Gasteiger partial charge in [0.1, 0.15) is 0 Å². The first-order chi connectivity index (χ1) is 7.75. The molecule has 0 atom stereocenters. The first-order valence-electron chi connectivity index (χ1n) is 4.88. The van der Waals surface area contributed by atoms with Crippen LogP contribution < -0.4 is 0 Å². The van der Waals surface area contributed by atoms with Crippen LogP contribution in [0.5, 0.6) is 0 Å². The Bertz CT molecular complexity index is 692. The zero-order valence-electron chi connectivity index (χ0n) is 8.24. The van der Waals surface area contributed by atoms with Crippen LogP contribution in [-0.2, 0) is 0 Å². The summed E-state index contributed by atoms with van der Waals surface area (Å²) in [5.74, 6) is -1.71. The van der Waals surface area contributed by atoms with Gasteiger partial charge in [-0.3, -0.25) is 4.98 Å². The van der Waals surface area contributed by atoms with Crippen molar-refractivity contribution in [1.82, 2.24) is 4.98 Å². The lowest BCUT2D eigenvalue weighted by Gasteiger charge is -2.03. The molecule has 0 saturated carbocycles. The van der Waals surface area contributed by atoms with Gasteiger partial charge in [-0.05, 0) is 11.5 Å². The zero-order chi connectivity index (χ0) is 11.1. The van der Waals surface area contributed by atoms with Crippen LogP contribution in [0.3, 0.4) is 0 Å². The normalized spacial score (nSPS) is 11.1. The molecule has 3 rings (SSSR count). The van der Waals surface area contributed by atoms with Crippen LogP contribution in [-0.4, -0.2) is 4.98 Å². The summed E-state index contributed by atoms with van der Waals surface area (Å²) in [7, 11) is 0. The first-order valence-corrected chi connectivity index (χ1v) is 4.88. The van der Waals surface area contributed by atoms with E-state index in [4.69, 9.17) is 0 Å². The second-order valence-corrected chi connectivity index (χ2v) is 3.63. The van der Waals surface area contributed by atoms with E-state index in [1.165, 1.54) is 6.07 Å². The van der Waals surface area contributed by atoms with Crippen LogP contribution in [0.4, 0.5) is 8.78 Å². The summed E-state index contributed by atoms with van der Waals surface area (Å²) in [5.41, 5.74) is 0.470. The fraction of sp³-hybridized carbons (Fsp3) is 0. The fourth-order valence-electron chi connectivity index (χ4n) is 1.85. The van der Waals surface area contributed by atoms with Gasteiger partial charge >= 0.3 is 0 Å². The largest absolute Gasteiger partial charge is 0.255 e. The van der Waals surface area contributed by atoms with Gasteiger partial charge in [-0.15, -0.1) is 0 Å². The molecule has 1 nitrogen and oxygen atoms in total. The van der Waals surface area contributed by atoms with E-state index in [9.17, 15) is 8.78 Å². The molecule has 0 saturated heterocycles. The van der Waals surface area contributed by atoms with E-state index in [1.807, 2.05) is 24.3 Å². The molecule has 0 bridgehead atoms. The lowest BCUT2D eigenvalue weighted by atomic mass is 10.1. The molecule has 0 N–H and O–H groups in total. The smallest absolute Gasteiger partial charge is 0.161 e. The molecule has 3 aromatic rings. The number of benzene rings is 2. The lowest BCUT2D eigenvalue weighted by molar-refractivity contribution is 0.511. The Morgan fingerprint density at radius 1 is 0.875 bits per heavy atom. The van der Waals surface area contributed by atoms with E-state index in [0.717, 1.165) is 16.8 Å². The van der Waals surface area contributed by atoms with Gasteiger partial charge in [-0.1, -0.05) is 24.3 Å². The lowest BCUT2D eigenvalue weighted by Crippen LogP contribution is -1.87. The van der Waals surface area contributed by atoms with Crippen molar-refractivity contribution >= 4 is 21.7 Å². The van der Waals surface area contributed by atoms with Gasteiger partial charge in [-0.2, -0.15) is 0 Å². The minimum Gasteiger partial charge on any atom is -0.255 e. The third kappa shape index (κ3) is 1.25. The molecule has 0 fully saturated rings. The molecule has 1 heterocycles. The molecule has 0 unspecified atom stereocenters. The van der Waals surface area contributed by atoms with Crippen LogP contribution >= 0.6 is 0 Å². The van der Waals surface area contributed by atoms with Crippen molar-refractivity contribution in [3.05, 3.63) is 54.2 Å². The van der Waals surface area contributed by atoms with E-state index in [-0.39, 0.29) is 0 Å². The van der Waals surface area contributed by atoms with Crippen molar-refractivity contribution in [2.24, 2.45) is 0 Å². The number of fused-ring (bicyclic) bond motifs is 3. The van der Waals surface area contributed by atoms with Gasteiger partial charge in [-0.25, -0.2) is 8.78 Å². The van der Waals surface area contributed by atoms with Gasteiger partial charge in [0, 0.05) is 23.0 Å². The van der Waals surface area contributed by atoms with Crippen molar-refractivity contribution in [3.8, 4) is 0 Å². The highest BCUT2D eigenvalue weighted by molar-refractivity contribution is 6.05. The maximum absolute atomic E-state index is 13.2. The van der Waals surface area contributed by atoms with E-state index in [2.05, 4.69) is 4.98 Å². The molecule has 0 aliphatic carbocycles. The summed E-state index contributed by atoms with van der Waals surface area (Å²) >= 11 is 0. The third-order valence-corrected chi connectivity index (χ3v) is 2.63. The number of aromatic nitrogens is 1. The number of halogens is 2. The average Bonchev–Trinajstić information content (AvgIpc) is 2.31. The molecule has 1 aromatic heterocycles. The molecular formula is C13H7F2N. The van der Waals surface area contributed by atoms with Crippen LogP contribution in [0, 0.1) is 11.6 Å². The Morgan fingerprint density at radius 3 is 2.50 bits per heavy atom. The van der Waals surface area contributed by atoms with Gasteiger partial charge in [0.2, 0.25) is 0 Å². The summed E-state index contributed by atoms with van der Waals surface area (Å²) in [6.07, 6.45) is 1.66. The minimum absolute atomic E-state index is 0.470. The summed E-state index contributed by atoms with van der Waals surface area (Å²) in [6.45, 7) is 0. The molecule has 0 amide bonds. The number of nitrogens with zero attached hydrogens (tertiary/aromatic N) is 1. The molecule has 78 valence electrons. The van der Waals surface area contributed by atoms with Gasteiger partial charge in [0.15, 0.2) is 11.6 Å². The van der Waals surface area contributed by atoms with Crippen molar-refractivity contribution in [2.75, 3.05) is 0 Å². The Hall–Kier alpha value is -2.03. The van der Waals surface area contributed by atoms with Gasteiger partial charge in [0.25, 0.3) is 0 Å². The molecule has 16 heavy (non-hydrogen) atoms. The van der Waals surface area contributed by atoms with Gasteiger partial charge in [0.05, 0.1) is 5.52 Å². The van der Waals surface area contributed by atoms with Crippen molar-refractivity contribution in [2.45, 2.75) is 0 Å². The molecule has 2 aromatic carbocycles. The predicted molar refractivity (Wildman–Crippen MR) is 59.2 cm³/mol. The summed E-state index contributed by atoms with van der Waals surface area (Å²) < 4.78 is 26.2. The topological polar surface area (TPSA) is 12.9 Å². The highest BCUT2D eigenvalue weighted by Crippen LogP contribution is 2.25. The number of pyridine rings is 1. The minimum atomic E-state index is -0.865. The average molecular weight is 215 g/mol. The highest BCUT2D eigenvalue weighted by Gasteiger charge is 2.07.